The lowest BCUT2D eigenvalue weighted by Gasteiger charge is -2.43. The second-order valence-corrected chi connectivity index (χ2v) is 10.3. The van der Waals surface area contributed by atoms with Gasteiger partial charge in [-0.15, -0.1) is 0 Å². The Morgan fingerprint density at radius 3 is 2.30 bits per heavy atom. The van der Waals surface area contributed by atoms with E-state index in [-0.39, 0.29) is 41.4 Å². The quantitative estimate of drug-likeness (QED) is 0.343. The molecule has 0 saturated carbocycles. The van der Waals surface area contributed by atoms with Crippen LogP contribution in [-0.4, -0.2) is 32.0 Å². The molecule has 4 rings (SSSR count). The number of phenolic OH excluding ortho intramolecular Hbond substituents is 3. The van der Waals surface area contributed by atoms with E-state index in [2.05, 4.69) is 6.08 Å². The number of benzene rings is 2. The van der Waals surface area contributed by atoms with E-state index in [1.165, 1.54) is 17.7 Å². The van der Waals surface area contributed by atoms with Gasteiger partial charge in [0.05, 0.1) is 0 Å². The van der Waals surface area contributed by atoms with Crippen molar-refractivity contribution in [3.63, 3.8) is 0 Å². The summed E-state index contributed by atoms with van der Waals surface area (Å²) in [6, 6.07) is 5.38. The predicted octanol–water partition coefficient (Wildman–Crippen LogP) is 5.95. The SMILES string of the molecule is CC(C)=CCCC(C)=CCc1c(O)cc(O)c2c1OC1(CC=C(C)C)c3ccc(O)cc3OC1(O)C2=O. The van der Waals surface area contributed by atoms with E-state index >= 15 is 0 Å². The van der Waals surface area contributed by atoms with Gasteiger partial charge in [-0.3, -0.25) is 4.79 Å². The molecule has 0 bridgehead atoms. The van der Waals surface area contributed by atoms with Crippen LogP contribution in [-0.2, 0) is 12.0 Å². The summed E-state index contributed by atoms with van der Waals surface area (Å²) in [5, 5.41) is 43.2. The van der Waals surface area contributed by atoms with E-state index in [0.717, 1.165) is 30.1 Å². The number of rotatable bonds is 7. The van der Waals surface area contributed by atoms with E-state index in [1.807, 2.05) is 46.8 Å². The highest BCUT2D eigenvalue weighted by molar-refractivity contribution is 6.09. The van der Waals surface area contributed by atoms with Crippen molar-refractivity contribution in [1.29, 1.82) is 0 Å². The topological polar surface area (TPSA) is 116 Å². The lowest BCUT2D eigenvalue weighted by Crippen LogP contribution is -2.62. The first-order valence-corrected chi connectivity index (χ1v) is 12.4. The third-order valence-electron chi connectivity index (χ3n) is 6.90. The number of ether oxygens (including phenoxy) is 2. The minimum atomic E-state index is -2.50. The van der Waals surface area contributed by atoms with Gasteiger partial charge in [-0.2, -0.15) is 0 Å². The van der Waals surface area contributed by atoms with Crippen LogP contribution in [0.2, 0.25) is 0 Å². The fourth-order valence-electron chi connectivity index (χ4n) is 4.86. The number of hydrogen-bond acceptors (Lipinski definition) is 7. The Labute approximate surface area is 217 Å². The van der Waals surface area contributed by atoms with Crippen LogP contribution in [0.1, 0.15) is 75.4 Å². The smallest absolute Gasteiger partial charge is 0.318 e. The van der Waals surface area contributed by atoms with Crippen LogP contribution in [0, 0.1) is 0 Å². The maximum atomic E-state index is 13.8. The number of aromatic hydroxyl groups is 3. The van der Waals surface area contributed by atoms with Gasteiger partial charge in [-0.25, -0.2) is 0 Å². The Kier molecular flexibility index (Phi) is 6.86. The van der Waals surface area contributed by atoms with Crippen LogP contribution >= 0.6 is 0 Å². The average Bonchev–Trinajstić information content (AvgIpc) is 3.05. The van der Waals surface area contributed by atoms with Crippen LogP contribution in [0.3, 0.4) is 0 Å². The minimum Gasteiger partial charge on any atom is -0.508 e. The van der Waals surface area contributed by atoms with Crippen molar-refractivity contribution in [1.82, 2.24) is 0 Å². The molecule has 0 amide bonds. The summed E-state index contributed by atoms with van der Waals surface area (Å²) in [5.74, 6) is -4.10. The summed E-state index contributed by atoms with van der Waals surface area (Å²) in [5.41, 5.74) is 2.03. The number of phenols is 3. The normalized spacial score (nSPS) is 21.8. The van der Waals surface area contributed by atoms with Gasteiger partial charge < -0.3 is 29.9 Å². The van der Waals surface area contributed by atoms with E-state index in [9.17, 15) is 25.2 Å². The number of carbonyl (C=O) groups excluding carboxylic acids is 1. The molecule has 37 heavy (non-hydrogen) atoms. The Hall–Kier alpha value is -3.71. The predicted molar refractivity (Wildman–Crippen MR) is 140 cm³/mol. The van der Waals surface area contributed by atoms with Crippen molar-refractivity contribution in [2.24, 2.45) is 0 Å². The molecule has 0 aromatic heterocycles. The number of hydrogen-bond donors (Lipinski definition) is 4. The van der Waals surface area contributed by atoms with E-state index in [0.29, 0.717) is 11.1 Å². The highest BCUT2D eigenvalue weighted by Crippen LogP contribution is 2.59. The van der Waals surface area contributed by atoms with Gasteiger partial charge in [0, 0.05) is 29.7 Å². The molecule has 7 heteroatoms. The summed E-state index contributed by atoms with van der Waals surface area (Å²) in [6.07, 6.45) is 7.98. The molecule has 2 unspecified atom stereocenters. The lowest BCUT2D eigenvalue weighted by atomic mass is 9.76. The van der Waals surface area contributed by atoms with Crippen molar-refractivity contribution in [3.05, 3.63) is 75.9 Å². The molecule has 0 radical (unpaired) electrons. The number of ketones is 1. The van der Waals surface area contributed by atoms with Crippen LogP contribution in [0.5, 0.6) is 28.7 Å². The molecule has 2 aromatic rings. The van der Waals surface area contributed by atoms with Crippen molar-refractivity contribution in [3.8, 4) is 28.7 Å². The van der Waals surface area contributed by atoms with Crippen molar-refractivity contribution < 1.29 is 34.7 Å². The van der Waals surface area contributed by atoms with Gasteiger partial charge in [0.2, 0.25) is 11.4 Å². The molecular formula is C30H34O7. The maximum Gasteiger partial charge on any atom is 0.318 e. The number of fused-ring (bicyclic) bond motifs is 4. The molecule has 196 valence electrons. The van der Waals surface area contributed by atoms with Gasteiger partial charge in [0.1, 0.15) is 34.3 Å². The Bertz CT molecular complexity index is 1340. The molecule has 0 fully saturated rings. The third-order valence-corrected chi connectivity index (χ3v) is 6.90. The Balaban J connectivity index is 1.86. The molecule has 4 N–H and O–H groups in total. The first-order chi connectivity index (χ1) is 17.4. The zero-order valence-corrected chi connectivity index (χ0v) is 21.9. The standard InChI is InChI=1S/C30H34O7/c1-17(2)7-6-8-19(5)9-11-21-23(32)16-24(33)26-27(21)37-29(14-13-18(3)4)22-12-10-20(31)15-25(22)36-30(29,35)28(26)34/h7,9-10,12-13,15-16,31-33,35H,6,8,11,14H2,1-5H3. The Morgan fingerprint density at radius 1 is 0.919 bits per heavy atom. The maximum absolute atomic E-state index is 13.8. The molecule has 7 nitrogen and oxygen atoms in total. The molecule has 0 spiro atoms. The molecule has 2 aliphatic rings. The van der Waals surface area contributed by atoms with Crippen molar-refractivity contribution >= 4 is 5.78 Å². The summed E-state index contributed by atoms with van der Waals surface area (Å²) < 4.78 is 12.3. The molecule has 2 heterocycles. The molecule has 2 atom stereocenters. The van der Waals surface area contributed by atoms with Crippen molar-refractivity contribution in [2.45, 2.75) is 71.7 Å². The Morgan fingerprint density at radius 2 is 1.62 bits per heavy atom. The molecule has 0 aliphatic carbocycles. The summed E-state index contributed by atoms with van der Waals surface area (Å²) >= 11 is 0. The van der Waals surface area contributed by atoms with Gasteiger partial charge in [0.15, 0.2) is 0 Å². The second kappa shape index (κ2) is 9.63. The molecular weight excluding hydrogens is 472 g/mol. The monoisotopic (exact) mass is 506 g/mol. The minimum absolute atomic E-state index is 0.00667. The zero-order chi connectivity index (χ0) is 27.1. The van der Waals surface area contributed by atoms with Crippen molar-refractivity contribution in [2.75, 3.05) is 0 Å². The zero-order valence-electron chi connectivity index (χ0n) is 21.9. The van der Waals surface area contributed by atoms with E-state index in [1.54, 1.807) is 6.07 Å². The highest BCUT2D eigenvalue weighted by Gasteiger charge is 2.69. The van der Waals surface area contributed by atoms with Crippen LogP contribution in [0.15, 0.2) is 59.2 Å². The first-order valence-electron chi connectivity index (χ1n) is 12.4. The number of allylic oxidation sites excluding steroid dienone is 5. The van der Waals surface area contributed by atoms with Crippen LogP contribution in [0.25, 0.3) is 0 Å². The molecule has 2 aliphatic heterocycles. The van der Waals surface area contributed by atoms with Crippen LogP contribution in [0.4, 0.5) is 0 Å². The summed E-state index contributed by atoms with van der Waals surface area (Å²) in [6.45, 7) is 9.86. The fraction of sp³-hybridized carbons (Fsp3) is 0.367. The second-order valence-electron chi connectivity index (χ2n) is 10.3. The number of Topliss-reactive ketones (excluding diaryl/α,β-unsaturated/α-hetero) is 1. The van der Waals surface area contributed by atoms with E-state index in [4.69, 9.17) is 9.47 Å². The van der Waals surface area contributed by atoms with Crippen LogP contribution < -0.4 is 9.47 Å². The van der Waals surface area contributed by atoms with Gasteiger partial charge in [-0.1, -0.05) is 34.9 Å². The molecule has 2 aromatic carbocycles. The van der Waals surface area contributed by atoms with Gasteiger partial charge in [-0.05, 0) is 66.0 Å². The number of carbonyl (C=O) groups is 1. The lowest BCUT2D eigenvalue weighted by molar-refractivity contribution is -0.201. The molecule has 0 saturated heterocycles. The summed E-state index contributed by atoms with van der Waals surface area (Å²) in [7, 11) is 0. The fourth-order valence-corrected chi connectivity index (χ4v) is 4.86. The largest absolute Gasteiger partial charge is 0.508 e. The third kappa shape index (κ3) is 4.48. The first kappa shape index (κ1) is 26.4. The van der Waals surface area contributed by atoms with Gasteiger partial charge >= 0.3 is 5.79 Å². The van der Waals surface area contributed by atoms with E-state index < -0.39 is 22.9 Å². The van der Waals surface area contributed by atoms with Gasteiger partial charge in [0.25, 0.3) is 0 Å². The average molecular weight is 507 g/mol. The highest BCUT2D eigenvalue weighted by atomic mass is 16.7. The number of aliphatic hydroxyl groups is 1. The summed E-state index contributed by atoms with van der Waals surface area (Å²) in [4.78, 5) is 13.8.